The smallest absolute Gasteiger partial charge is 0.259 e. The Morgan fingerprint density at radius 1 is 1.10 bits per heavy atom. The molecule has 1 heterocycles. The molecule has 3 rings (SSSR count). The van der Waals surface area contributed by atoms with E-state index >= 15 is 0 Å². The molecule has 0 saturated heterocycles. The molecular formula is C22H17F2N3O4. The highest BCUT2D eigenvalue weighted by Gasteiger charge is 2.22. The van der Waals surface area contributed by atoms with Crippen molar-refractivity contribution in [3.63, 3.8) is 0 Å². The predicted octanol–water partition coefficient (Wildman–Crippen LogP) is 4.53. The standard InChI is InChI=1S/C22H17F2N3O4/c1-12-17(23)20(30-15-8-4-6-13(10-15)22(29)27(2)3)26-21(18(12)24)31-16-9-5-7-14(11-25)19(16)28/h4-10,28H,1-3H3. The predicted molar refractivity (Wildman–Crippen MR) is 106 cm³/mol. The Balaban J connectivity index is 1.98. The number of aromatic hydroxyl groups is 1. The molecule has 31 heavy (non-hydrogen) atoms. The minimum Gasteiger partial charge on any atom is -0.503 e. The number of rotatable bonds is 5. The number of hydrogen-bond donors (Lipinski definition) is 1. The summed E-state index contributed by atoms with van der Waals surface area (Å²) < 4.78 is 39.9. The van der Waals surface area contributed by atoms with Gasteiger partial charge in [-0.1, -0.05) is 12.1 Å². The number of pyridine rings is 1. The lowest BCUT2D eigenvalue weighted by Gasteiger charge is -2.14. The second kappa shape index (κ2) is 8.67. The first-order valence-electron chi connectivity index (χ1n) is 8.98. The Bertz CT molecular complexity index is 1210. The van der Waals surface area contributed by atoms with Crippen LogP contribution in [0.15, 0.2) is 42.5 Å². The fourth-order valence-electron chi connectivity index (χ4n) is 2.60. The quantitative estimate of drug-likeness (QED) is 0.645. The zero-order chi connectivity index (χ0) is 22.7. The van der Waals surface area contributed by atoms with Gasteiger partial charge in [-0.3, -0.25) is 4.79 Å². The number of phenols is 1. The van der Waals surface area contributed by atoms with Gasteiger partial charge in [-0.25, -0.2) is 8.78 Å². The van der Waals surface area contributed by atoms with Gasteiger partial charge < -0.3 is 19.5 Å². The molecule has 0 spiro atoms. The lowest BCUT2D eigenvalue weighted by molar-refractivity contribution is 0.0827. The number of benzene rings is 2. The Kier molecular flexibility index (Phi) is 6.02. The van der Waals surface area contributed by atoms with Crippen molar-refractivity contribution in [1.82, 2.24) is 9.88 Å². The zero-order valence-electron chi connectivity index (χ0n) is 16.8. The molecule has 0 saturated carbocycles. The summed E-state index contributed by atoms with van der Waals surface area (Å²) in [5, 5.41) is 19.1. The van der Waals surface area contributed by atoms with Crippen molar-refractivity contribution in [1.29, 1.82) is 5.26 Å². The molecule has 0 fully saturated rings. The van der Waals surface area contributed by atoms with Crippen LogP contribution in [0.3, 0.4) is 0 Å². The maximum Gasteiger partial charge on any atom is 0.259 e. The summed E-state index contributed by atoms with van der Waals surface area (Å²) in [5.41, 5.74) is -0.205. The molecule has 2 aromatic carbocycles. The lowest BCUT2D eigenvalue weighted by atomic mass is 10.2. The van der Waals surface area contributed by atoms with Gasteiger partial charge in [-0.2, -0.15) is 10.2 Å². The molecule has 0 unspecified atom stereocenters. The van der Waals surface area contributed by atoms with E-state index in [-0.39, 0.29) is 23.0 Å². The third-order valence-corrected chi connectivity index (χ3v) is 4.26. The van der Waals surface area contributed by atoms with E-state index < -0.39 is 34.7 Å². The monoisotopic (exact) mass is 425 g/mol. The van der Waals surface area contributed by atoms with Gasteiger partial charge >= 0.3 is 0 Å². The largest absolute Gasteiger partial charge is 0.503 e. The first-order valence-corrected chi connectivity index (χ1v) is 8.98. The molecule has 1 N–H and O–H groups in total. The van der Waals surface area contributed by atoms with Crippen LogP contribution in [0.1, 0.15) is 21.5 Å². The number of para-hydroxylation sites is 1. The Hall–Kier alpha value is -4.19. The molecular weight excluding hydrogens is 408 g/mol. The third kappa shape index (κ3) is 4.38. The summed E-state index contributed by atoms with van der Waals surface area (Å²) >= 11 is 0. The maximum atomic E-state index is 14.6. The zero-order valence-corrected chi connectivity index (χ0v) is 16.8. The van der Waals surface area contributed by atoms with Gasteiger partial charge in [-0.05, 0) is 37.3 Å². The van der Waals surface area contributed by atoms with Crippen molar-refractivity contribution in [2.45, 2.75) is 6.92 Å². The van der Waals surface area contributed by atoms with Gasteiger partial charge in [0.1, 0.15) is 11.8 Å². The topological polar surface area (TPSA) is 95.7 Å². The van der Waals surface area contributed by atoms with Crippen LogP contribution >= 0.6 is 0 Å². The van der Waals surface area contributed by atoms with Crippen LogP contribution in [0, 0.1) is 29.9 Å². The van der Waals surface area contributed by atoms with Crippen LogP contribution in [-0.2, 0) is 0 Å². The van der Waals surface area contributed by atoms with Gasteiger partial charge in [-0.15, -0.1) is 0 Å². The van der Waals surface area contributed by atoms with E-state index in [1.165, 1.54) is 42.2 Å². The second-order valence-corrected chi connectivity index (χ2v) is 6.67. The van der Waals surface area contributed by atoms with Crippen molar-refractivity contribution in [3.05, 3.63) is 70.8 Å². The maximum absolute atomic E-state index is 14.6. The molecule has 1 aromatic heterocycles. The number of phenolic OH excluding ortho intramolecular Hbond substituents is 1. The number of nitrogens with zero attached hydrogens (tertiary/aromatic N) is 3. The van der Waals surface area contributed by atoms with Crippen molar-refractivity contribution in [3.8, 4) is 35.1 Å². The Morgan fingerprint density at radius 3 is 2.39 bits per heavy atom. The molecule has 7 nitrogen and oxygen atoms in total. The summed E-state index contributed by atoms with van der Waals surface area (Å²) in [5.74, 6) is -4.31. The summed E-state index contributed by atoms with van der Waals surface area (Å²) in [7, 11) is 3.17. The number of carbonyl (C=O) groups excluding carboxylic acids is 1. The summed E-state index contributed by atoms with van der Waals surface area (Å²) in [6, 6.07) is 11.8. The van der Waals surface area contributed by atoms with E-state index in [9.17, 15) is 18.7 Å². The van der Waals surface area contributed by atoms with Gasteiger partial charge in [0, 0.05) is 25.2 Å². The van der Waals surface area contributed by atoms with E-state index in [0.29, 0.717) is 5.56 Å². The van der Waals surface area contributed by atoms with Crippen LogP contribution in [0.5, 0.6) is 29.0 Å². The average molecular weight is 425 g/mol. The molecule has 0 aliphatic rings. The van der Waals surface area contributed by atoms with Crippen molar-refractivity contribution >= 4 is 5.91 Å². The molecule has 0 radical (unpaired) electrons. The molecule has 0 bridgehead atoms. The van der Waals surface area contributed by atoms with Crippen molar-refractivity contribution in [2.24, 2.45) is 0 Å². The number of nitriles is 1. The minimum absolute atomic E-state index is 0.0874. The van der Waals surface area contributed by atoms with E-state index in [0.717, 1.165) is 0 Å². The van der Waals surface area contributed by atoms with E-state index in [1.54, 1.807) is 32.3 Å². The van der Waals surface area contributed by atoms with Crippen LogP contribution in [0.25, 0.3) is 0 Å². The highest BCUT2D eigenvalue weighted by atomic mass is 19.1. The van der Waals surface area contributed by atoms with Crippen LogP contribution in [0.4, 0.5) is 8.78 Å². The van der Waals surface area contributed by atoms with Crippen LogP contribution < -0.4 is 9.47 Å². The number of aromatic nitrogens is 1. The van der Waals surface area contributed by atoms with Crippen molar-refractivity contribution in [2.75, 3.05) is 14.1 Å². The summed E-state index contributed by atoms with van der Waals surface area (Å²) in [4.78, 5) is 17.2. The number of carbonyl (C=O) groups is 1. The fraction of sp³-hybridized carbons (Fsp3) is 0.136. The Labute approximate surface area is 176 Å². The van der Waals surface area contributed by atoms with Gasteiger partial charge in [0.25, 0.3) is 17.7 Å². The van der Waals surface area contributed by atoms with Crippen LogP contribution in [-0.4, -0.2) is 35.0 Å². The van der Waals surface area contributed by atoms with Crippen molar-refractivity contribution < 1.29 is 28.2 Å². The van der Waals surface area contributed by atoms with Crippen LogP contribution in [0.2, 0.25) is 0 Å². The number of ether oxygens (including phenoxy) is 2. The molecule has 3 aromatic rings. The fourth-order valence-corrected chi connectivity index (χ4v) is 2.60. The molecule has 0 aliphatic carbocycles. The van der Waals surface area contributed by atoms with Gasteiger partial charge in [0.05, 0.1) is 5.56 Å². The Morgan fingerprint density at radius 2 is 1.74 bits per heavy atom. The SMILES string of the molecule is Cc1c(F)c(Oc2cccc(C(=O)N(C)C)c2)nc(Oc2cccc(C#N)c2O)c1F. The number of amides is 1. The first kappa shape index (κ1) is 21.5. The second-order valence-electron chi connectivity index (χ2n) is 6.67. The number of hydrogen-bond acceptors (Lipinski definition) is 6. The summed E-state index contributed by atoms with van der Waals surface area (Å²) in [6.07, 6.45) is 0. The number of halogens is 2. The molecule has 158 valence electrons. The average Bonchev–Trinajstić information content (AvgIpc) is 2.76. The molecule has 9 heteroatoms. The normalized spacial score (nSPS) is 10.3. The molecule has 1 amide bonds. The summed E-state index contributed by atoms with van der Waals surface area (Å²) in [6.45, 7) is 1.17. The van der Waals surface area contributed by atoms with E-state index in [4.69, 9.17) is 14.7 Å². The highest BCUT2D eigenvalue weighted by Crippen LogP contribution is 2.36. The molecule has 0 aliphatic heterocycles. The third-order valence-electron chi connectivity index (χ3n) is 4.26. The van der Waals surface area contributed by atoms with Gasteiger partial charge in [0.2, 0.25) is 0 Å². The lowest BCUT2D eigenvalue weighted by Crippen LogP contribution is -2.21. The van der Waals surface area contributed by atoms with Gasteiger partial charge in [0.15, 0.2) is 23.1 Å². The van der Waals surface area contributed by atoms with E-state index in [2.05, 4.69) is 4.98 Å². The minimum atomic E-state index is -1.09. The van der Waals surface area contributed by atoms with E-state index in [1.807, 2.05) is 0 Å². The first-order chi connectivity index (χ1) is 14.7. The highest BCUT2D eigenvalue weighted by molar-refractivity contribution is 5.94. The molecule has 0 atom stereocenters.